The zero-order valence-corrected chi connectivity index (χ0v) is 24.9. The van der Waals surface area contributed by atoms with Crippen molar-refractivity contribution in [3.05, 3.63) is 149 Å². The number of hydrogen-bond donors (Lipinski definition) is 0. The van der Waals surface area contributed by atoms with Crippen LogP contribution in [0, 0.1) is 6.92 Å². The van der Waals surface area contributed by atoms with Gasteiger partial charge in [-0.25, -0.2) is 0 Å². The zero-order valence-electron chi connectivity index (χ0n) is 24.9. The van der Waals surface area contributed by atoms with Crippen LogP contribution < -0.4 is 4.74 Å². The third-order valence-electron chi connectivity index (χ3n) is 7.54. The Labute approximate surface area is 241 Å². The Morgan fingerprint density at radius 3 is 1.95 bits per heavy atom. The average molecular weight is 533 g/mol. The summed E-state index contributed by atoms with van der Waals surface area (Å²) in [5.74, 6) is 1.68. The monoisotopic (exact) mass is 532 g/mol. The molecule has 1 atom stereocenters. The van der Waals surface area contributed by atoms with Crippen LogP contribution in [-0.2, 0) is 22.2 Å². The lowest BCUT2D eigenvalue weighted by Crippen LogP contribution is -2.33. The molecule has 0 saturated heterocycles. The molecule has 2 nitrogen and oxygen atoms in total. The van der Waals surface area contributed by atoms with Crippen LogP contribution in [0.4, 0.5) is 0 Å². The Balaban J connectivity index is 1.68. The molecule has 0 aliphatic rings. The molecular weight excluding hydrogens is 488 g/mol. The van der Waals surface area contributed by atoms with E-state index in [1.165, 1.54) is 16.7 Å². The SMILES string of the molecule is C=C(CCc1ccc(OCCCC)cc1)OC(c1ccccc1)(c1ccc(C(C)(C)C)cc1)c1ccccc1C. The van der Waals surface area contributed by atoms with Gasteiger partial charge in [-0.2, -0.15) is 0 Å². The van der Waals surface area contributed by atoms with Crippen LogP contribution in [-0.4, -0.2) is 6.61 Å². The quantitative estimate of drug-likeness (QED) is 0.103. The molecule has 0 bridgehead atoms. The molecule has 2 heteroatoms. The second-order valence-corrected chi connectivity index (χ2v) is 11.7. The highest BCUT2D eigenvalue weighted by Gasteiger charge is 2.40. The van der Waals surface area contributed by atoms with Crippen molar-refractivity contribution < 1.29 is 9.47 Å². The van der Waals surface area contributed by atoms with E-state index in [0.29, 0.717) is 0 Å². The fourth-order valence-corrected chi connectivity index (χ4v) is 5.13. The van der Waals surface area contributed by atoms with Crippen LogP contribution in [0.25, 0.3) is 0 Å². The number of allylic oxidation sites excluding steroid dienone is 1. The molecular formula is C38H44O2. The maximum Gasteiger partial charge on any atom is 0.184 e. The van der Waals surface area contributed by atoms with Gasteiger partial charge in [0.15, 0.2) is 5.60 Å². The van der Waals surface area contributed by atoms with Crippen molar-refractivity contribution in [2.75, 3.05) is 6.61 Å². The topological polar surface area (TPSA) is 18.5 Å². The first-order valence-corrected chi connectivity index (χ1v) is 14.5. The molecule has 4 aromatic rings. The number of rotatable bonds is 12. The van der Waals surface area contributed by atoms with Crippen molar-refractivity contribution >= 4 is 0 Å². The highest BCUT2D eigenvalue weighted by Crippen LogP contribution is 2.44. The molecule has 0 amide bonds. The lowest BCUT2D eigenvalue weighted by Gasteiger charge is -2.38. The van der Waals surface area contributed by atoms with E-state index in [0.717, 1.165) is 60.5 Å². The van der Waals surface area contributed by atoms with Crippen molar-refractivity contribution in [3.8, 4) is 5.75 Å². The predicted octanol–water partition coefficient (Wildman–Crippen LogP) is 9.93. The van der Waals surface area contributed by atoms with Crippen LogP contribution >= 0.6 is 0 Å². The second-order valence-electron chi connectivity index (χ2n) is 11.7. The van der Waals surface area contributed by atoms with E-state index in [9.17, 15) is 0 Å². The van der Waals surface area contributed by atoms with Gasteiger partial charge in [0.05, 0.1) is 12.4 Å². The summed E-state index contributed by atoms with van der Waals surface area (Å²) in [5.41, 5.74) is 6.26. The maximum atomic E-state index is 7.09. The normalized spacial score (nSPS) is 12.9. The molecule has 0 N–H and O–H groups in total. The Bertz CT molecular complexity index is 1360. The molecule has 40 heavy (non-hydrogen) atoms. The summed E-state index contributed by atoms with van der Waals surface area (Å²) < 4.78 is 12.9. The molecule has 0 aromatic heterocycles. The molecule has 1 unspecified atom stereocenters. The largest absolute Gasteiger partial charge is 0.494 e. The summed E-state index contributed by atoms with van der Waals surface area (Å²) in [5, 5.41) is 0. The van der Waals surface area contributed by atoms with Gasteiger partial charge in [-0.1, -0.05) is 132 Å². The smallest absolute Gasteiger partial charge is 0.184 e. The van der Waals surface area contributed by atoms with Crippen molar-refractivity contribution in [3.63, 3.8) is 0 Å². The zero-order chi connectivity index (χ0) is 28.6. The molecule has 0 saturated carbocycles. The number of benzene rings is 4. The predicted molar refractivity (Wildman–Crippen MR) is 168 cm³/mol. The minimum atomic E-state index is -0.822. The summed E-state index contributed by atoms with van der Waals surface area (Å²) in [6.45, 7) is 16.3. The van der Waals surface area contributed by atoms with Crippen LogP contribution in [0.2, 0.25) is 0 Å². The summed E-state index contributed by atoms with van der Waals surface area (Å²) in [7, 11) is 0. The van der Waals surface area contributed by atoms with Crippen LogP contribution in [0.15, 0.2) is 115 Å². The summed E-state index contributed by atoms with van der Waals surface area (Å²) in [6.07, 6.45) is 3.77. The second kappa shape index (κ2) is 13.0. The van der Waals surface area contributed by atoms with Gasteiger partial charge in [-0.05, 0) is 54.0 Å². The molecule has 0 spiro atoms. The standard InChI is InChI=1S/C38H44O2/c1-7-8-28-39-35-26-20-31(21-27-35)19-18-30(3)40-38(33-15-10-9-11-16-33,36-17-13-12-14-29(36)2)34-24-22-32(23-25-34)37(4,5)6/h9-17,20-27H,3,7-8,18-19,28H2,1-2,4-6H3. The Kier molecular flexibility index (Phi) is 9.53. The Morgan fingerprint density at radius 2 is 1.32 bits per heavy atom. The van der Waals surface area contributed by atoms with Crippen molar-refractivity contribution in [2.45, 2.75) is 71.3 Å². The third kappa shape index (κ3) is 6.86. The number of aryl methyl sites for hydroxylation is 2. The molecule has 0 radical (unpaired) electrons. The summed E-state index contributed by atoms with van der Waals surface area (Å²) in [6, 6.07) is 36.4. The van der Waals surface area contributed by atoms with Crippen molar-refractivity contribution in [1.29, 1.82) is 0 Å². The first-order chi connectivity index (χ1) is 19.2. The lowest BCUT2D eigenvalue weighted by atomic mass is 9.77. The van der Waals surface area contributed by atoms with Gasteiger partial charge in [0, 0.05) is 23.1 Å². The van der Waals surface area contributed by atoms with E-state index in [1.54, 1.807) is 0 Å². The van der Waals surface area contributed by atoms with E-state index in [-0.39, 0.29) is 5.41 Å². The molecule has 0 aliphatic heterocycles. The number of hydrogen-bond acceptors (Lipinski definition) is 2. The summed E-state index contributed by atoms with van der Waals surface area (Å²) >= 11 is 0. The van der Waals surface area contributed by atoms with Gasteiger partial charge >= 0.3 is 0 Å². The molecule has 208 valence electrons. The van der Waals surface area contributed by atoms with Gasteiger partial charge in [-0.15, -0.1) is 0 Å². The van der Waals surface area contributed by atoms with Gasteiger partial charge < -0.3 is 9.47 Å². The molecule has 0 heterocycles. The molecule has 0 aliphatic carbocycles. The van der Waals surface area contributed by atoms with Crippen molar-refractivity contribution in [2.24, 2.45) is 0 Å². The van der Waals surface area contributed by atoms with E-state index >= 15 is 0 Å². The number of unbranched alkanes of at least 4 members (excludes halogenated alkanes) is 1. The highest BCUT2D eigenvalue weighted by atomic mass is 16.5. The van der Waals surface area contributed by atoms with E-state index in [4.69, 9.17) is 9.47 Å². The molecule has 4 aromatic carbocycles. The fourth-order valence-electron chi connectivity index (χ4n) is 5.13. The maximum absolute atomic E-state index is 7.09. The number of ether oxygens (including phenoxy) is 2. The van der Waals surface area contributed by atoms with Crippen LogP contribution in [0.1, 0.15) is 80.3 Å². The Morgan fingerprint density at radius 1 is 0.725 bits per heavy atom. The van der Waals surface area contributed by atoms with E-state index in [1.807, 2.05) is 0 Å². The molecule has 4 rings (SSSR count). The summed E-state index contributed by atoms with van der Waals surface area (Å²) in [4.78, 5) is 0. The average Bonchev–Trinajstić information content (AvgIpc) is 2.96. The van der Waals surface area contributed by atoms with Gasteiger partial charge in [-0.3, -0.25) is 0 Å². The van der Waals surface area contributed by atoms with Crippen LogP contribution in [0.3, 0.4) is 0 Å². The minimum absolute atomic E-state index is 0.0671. The van der Waals surface area contributed by atoms with Gasteiger partial charge in [0.1, 0.15) is 5.75 Å². The minimum Gasteiger partial charge on any atom is -0.494 e. The van der Waals surface area contributed by atoms with E-state index in [2.05, 4.69) is 144 Å². The van der Waals surface area contributed by atoms with Gasteiger partial charge in [0.25, 0.3) is 0 Å². The third-order valence-corrected chi connectivity index (χ3v) is 7.54. The van der Waals surface area contributed by atoms with Crippen LogP contribution in [0.5, 0.6) is 5.75 Å². The lowest BCUT2D eigenvalue weighted by molar-refractivity contribution is 0.0661. The van der Waals surface area contributed by atoms with Gasteiger partial charge in [0.2, 0.25) is 0 Å². The first kappa shape index (κ1) is 29.2. The first-order valence-electron chi connectivity index (χ1n) is 14.5. The van der Waals surface area contributed by atoms with E-state index < -0.39 is 5.60 Å². The fraction of sp³-hybridized carbons (Fsp3) is 0.316. The molecule has 0 fully saturated rings. The van der Waals surface area contributed by atoms with Crippen molar-refractivity contribution in [1.82, 2.24) is 0 Å². The highest BCUT2D eigenvalue weighted by molar-refractivity contribution is 5.51. The Hall–Kier alpha value is -3.78.